The van der Waals surface area contributed by atoms with Crippen molar-refractivity contribution >= 4 is 17.8 Å². The van der Waals surface area contributed by atoms with Gasteiger partial charge in [-0.25, -0.2) is 14.6 Å². The Morgan fingerprint density at radius 1 is 1.45 bits per heavy atom. The number of nitrogens with zero attached hydrogens (tertiary/aromatic N) is 1. The van der Waals surface area contributed by atoms with Crippen LogP contribution in [0.2, 0.25) is 0 Å². The fourth-order valence-electron chi connectivity index (χ4n) is 2.12. The highest BCUT2D eigenvalue weighted by atomic mass is 16.5. The van der Waals surface area contributed by atoms with Crippen LogP contribution in [-0.2, 0) is 14.3 Å². The maximum atomic E-state index is 11.7. The van der Waals surface area contributed by atoms with E-state index in [4.69, 9.17) is 4.74 Å². The third kappa shape index (κ3) is 2.72. The zero-order chi connectivity index (χ0) is 14.6. The van der Waals surface area contributed by atoms with Crippen LogP contribution in [0.1, 0.15) is 23.2 Å². The maximum absolute atomic E-state index is 11.7. The number of hydrogen-bond donors (Lipinski definition) is 2. The highest BCUT2D eigenvalue weighted by Crippen LogP contribution is 2.27. The van der Waals surface area contributed by atoms with Gasteiger partial charge in [0.2, 0.25) is 0 Å². The highest BCUT2D eigenvalue weighted by Gasteiger charge is 2.41. The summed E-state index contributed by atoms with van der Waals surface area (Å²) in [5.41, 5.74) is -0.961. The van der Waals surface area contributed by atoms with Crippen LogP contribution in [0.4, 0.5) is 5.82 Å². The van der Waals surface area contributed by atoms with Crippen molar-refractivity contribution in [1.29, 1.82) is 0 Å². The van der Waals surface area contributed by atoms with Gasteiger partial charge in [0, 0.05) is 32.3 Å². The van der Waals surface area contributed by atoms with Crippen molar-refractivity contribution in [2.75, 3.05) is 25.6 Å². The Bertz CT molecular complexity index is 511. The molecule has 0 aliphatic carbocycles. The second kappa shape index (κ2) is 5.87. The lowest BCUT2D eigenvalue weighted by atomic mass is 9.90. The van der Waals surface area contributed by atoms with Gasteiger partial charge in [-0.3, -0.25) is 0 Å². The van der Waals surface area contributed by atoms with E-state index in [1.807, 2.05) is 0 Å². The second-order valence-corrected chi connectivity index (χ2v) is 4.52. The Balaban J connectivity index is 2.32. The van der Waals surface area contributed by atoms with E-state index in [1.165, 1.54) is 19.4 Å². The molecule has 0 spiro atoms. The number of rotatable bonds is 4. The van der Waals surface area contributed by atoms with Crippen molar-refractivity contribution in [1.82, 2.24) is 4.98 Å². The Hall–Kier alpha value is -2.15. The van der Waals surface area contributed by atoms with Crippen LogP contribution in [0, 0.1) is 0 Å². The van der Waals surface area contributed by atoms with E-state index in [-0.39, 0.29) is 11.4 Å². The Morgan fingerprint density at radius 2 is 2.15 bits per heavy atom. The topological polar surface area (TPSA) is 97.8 Å². The van der Waals surface area contributed by atoms with Gasteiger partial charge in [-0.1, -0.05) is 0 Å². The quantitative estimate of drug-likeness (QED) is 0.791. The number of carboxylic acids is 1. The molecule has 2 heterocycles. The lowest BCUT2D eigenvalue weighted by Crippen LogP contribution is -2.51. The van der Waals surface area contributed by atoms with Gasteiger partial charge >= 0.3 is 11.9 Å². The molecule has 1 aliphatic heterocycles. The summed E-state index contributed by atoms with van der Waals surface area (Å²) < 4.78 is 9.86. The van der Waals surface area contributed by atoms with Crippen LogP contribution >= 0.6 is 0 Å². The van der Waals surface area contributed by atoms with Crippen LogP contribution in [0.5, 0.6) is 0 Å². The molecule has 1 aliphatic rings. The number of carbonyl (C=O) groups is 2. The lowest BCUT2D eigenvalue weighted by molar-refractivity contribution is -0.145. The van der Waals surface area contributed by atoms with Gasteiger partial charge in [0.25, 0.3) is 0 Å². The van der Waals surface area contributed by atoms with E-state index < -0.39 is 17.5 Å². The molecule has 0 aromatic carbocycles. The number of methoxy groups -OCH3 is 1. The Kier molecular flexibility index (Phi) is 4.19. The maximum Gasteiger partial charge on any atom is 0.341 e. The summed E-state index contributed by atoms with van der Waals surface area (Å²) in [6.45, 7) is 0.694. The molecular weight excluding hydrogens is 264 g/mol. The summed E-state index contributed by atoms with van der Waals surface area (Å²) in [5.74, 6) is -1.33. The zero-order valence-corrected chi connectivity index (χ0v) is 11.1. The molecule has 20 heavy (non-hydrogen) atoms. The number of carboxylic acid groups (broad SMARTS) is 1. The molecule has 7 heteroatoms. The summed E-state index contributed by atoms with van der Waals surface area (Å²) >= 11 is 0. The van der Waals surface area contributed by atoms with Gasteiger partial charge in [-0.05, 0) is 12.1 Å². The zero-order valence-electron chi connectivity index (χ0n) is 11.1. The molecule has 108 valence electrons. The molecular formula is C13H16N2O5. The molecule has 1 aromatic rings. The van der Waals surface area contributed by atoms with Crippen molar-refractivity contribution in [3.8, 4) is 0 Å². The van der Waals surface area contributed by atoms with Gasteiger partial charge in [0.1, 0.15) is 16.9 Å². The number of nitrogens with one attached hydrogen (secondary N) is 1. The minimum Gasteiger partial charge on any atom is -0.480 e. The van der Waals surface area contributed by atoms with E-state index in [2.05, 4.69) is 15.0 Å². The normalized spacial score (nSPS) is 17.2. The number of anilines is 1. The molecule has 1 aromatic heterocycles. The number of aromatic nitrogens is 1. The molecule has 0 bridgehead atoms. The molecule has 1 saturated heterocycles. The molecule has 0 atom stereocenters. The number of hydrogen-bond acceptors (Lipinski definition) is 6. The number of esters is 1. The summed E-state index contributed by atoms with van der Waals surface area (Å²) in [4.78, 5) is 27.3. The minimum atomic E-state index is -1.17. The summed E-state index contributed by atoms with van der Waals surface area (Å²) in [5, 5.41) is 12.4. The van der Waals surface area contributed by atoms with Gasteiger partial charge in [-0.15, -0.1) is 0 Å². The van der Waals surface area contributed by atoms with Crippen LogP contribution in [0.3, 0.4) is 0 Å². The highest BCUT2D eigenvalue weighted by molar-refractivity contribution is 5.95. The lowest BCUT2D eigenvalue weighted by Gasteiger charge is -2.34. The van der Waals surface area contributed by atoms with Crippen LogP contribution in [0.15, 0.2) is 18.3 Å². The van der Waals surface area contributed by atoms with Gasteiger partial charge < -0.3 is 19.9 Å². The summed E-state index contributed by atoms with van der Waals surface area (Å²) in [6.07, 6.45) is 2.10. The number of ether oxygens (including phenoxy) is 2. The molecule has 2 N–H and O–H groups in total. The molecule has 1 fully saturated rings. The van der Waals surface area contributed by atoms with Gasteiger partial charge in [0.15, 0.2) is 0 Å². The van der Waals surface area contributed by atoms with Crippen molar-refractivity contribution in [2.45, 2.75) is 18.4 Å². The average Bonchev–Trinajstić information content (AvgIpc) is 2.48. The first-order valence-corrected chi connectivity index (χ1v) is 6.22. The molecule has 7 nitrogen and oxygen atoms in total. The third-order valence-corrected chi connectivity index (χ3v) is 3.33. The fourth-order valence-corrected chi connectivity index (χ4v) is 2.12. The van der Waals surface area contributed by atoms with Crippen LogP contribution in [-0.4, -0.2) is 47.9 Å². The van der Waals surface area contributed by atoms with E-state index in [9.17, 15) is 14.7 Å². The summed E-state index contributed by atoms with van der Waals surface area (Å²) in [6, 6.07) is 3.13. The fraction of sp³-hybridized carbons (Fsp3) is 0.462. The number of aliphatic carboxylic acids is 1. The minimum absolute atomic E-state index is 0.210. The van der Waals surface area contributed by atoms with Crippen molar-refractivity contribution in [3.63, 3.8) is 0 Å². The van der Waals surface area contributed by atoms with E-state index >= 15 is 0 Å². The first-order valence-electron chi connectivity index (χ1n) is 6.22. The first kappa shape index (κ1) is 14.3. The monoisotopic (exact) mass is 280 g/mol. The Morgan fingerprint density at radius 3 is 2.75 bits per heavy atom. The number of carbonyl (C=O) groups excluding carboxylic acids is 1. The predicted molar refractivity (Wildman–Crippen MR) is 69.6 cm³/mol. The largest absolute Gasteiger partial charge is 0.480 e. The average molecular weight is 280 g/mol. The molecule has 0 saturated carbocycles. The van der Waals surface area contributed by atoms with Crippen LogP contribution < -0.4 is 5.32 Å². The van der Waals surface area contributed by atoms with Crippen molar-refractivity contribution < 1.29 is 24.2 Å². The van der Waals surface area contributed by atoms with Crippen LogP contribution in [0.25, 0.3) is 0 Å². The van der Waals surface area contributed by atoms with Crippen molar-refractivity contribution in [2.24, 2.45) is 0 Å². The standard InChI is InChI=1S/C13H16N2O5/c1-19-11(16)9-3-2-6-14-10(9)15-13(12(17)18)4-7-20-8-5-13/h2-3,6H,4-5,7-8H2,1H3,(H,14,15)(H,17,18). The molecule has 2 rings (SSSR count). The van der Waals surface area contributed by atoms with E-state index in [1.54, 1.807) is 6.07 Å². The molecule has 0 unspecified atom stereocenters. The predicted octanol–water partition coefficient (Wildman–Crippen LogP) is 0.914. The summed E-state index contributed by atoms with van der Waals surface area (Å²) in [7, 11) is 1.26. The molecule has 0 amide bonds. The van der Waals surface area contributed by atoms with Gasteiger partial charge in [0.05, 0.1) is 7.11 Å². The van der Waals surface area contributed by atoms with Gasteiger partial charge in [-0.2, -0.15) is 0 Å². The second-order valence-electron chi connectivity index (χ2n) is 4.52. The number of pyridine rings is 1. The SMILES string of the molecule is COC(=O)c1cccnc1NC1(C(=O)O)CCOCC1. The smallest absolute Gasteiger partial charge is 0.341 e. The third-order valence-electron chi connectivity index (χ3n) is 3.33. The van der Waals surface area contributed by atoms with E-state index in [0.29, 0.717) is 26.1 Å². The van der Waals surface area contributed by atoms with Crippen molar-refractivity contribution in [3.05, 3.63) is 23.9 Å². The first-order chi connectivity index (χ1) is 9.59. The molecule has 0 radical (unpaired) electrons. The van der Waals surface area contributed by atoms with E-state index in [0.717, 1.165) is 0 Å². The Labute approximate surface area is 115 Å².